The Hall–Kier alpha value is -1.10. The van der Waals surface area contributed by atoms with Gasteiger partial charge in [0, 0.05) is 11.6 Å². The number of carbonyl (C=O) groups is 2. The van der Waals surface area contributed by atoms with Gasteiger partial charge >= 0.3 is 0 Å². The molecule has 1 aromatic rings. The zero-order valence-corrected chi connectivity index (χ0v) is 11.7. The molecule has 6 heteroatoms. The molecule has 3 rings (SSSR count). The quantitative estimate of drug-likeness (QED) is 0.806. The van der Waals surface area contributed by atoms with E-state index < -0.39 is 6.04 Å². The fourth-order valence-electron chi connectivity index (χ4n) is 2.82. The Morgan fingerprint density at radius 3 is 2.68 bits per heavy atom. The van der Waals surface area contributed by atoms with E-state index in [0.717, 1.165) is 24.9 Å². The first kappa shape index (κ1) is 14.3. The summed E-state index contributed by atoms with van der Waals surface area (Å²) in [6.45, 7) is 0.764. The summed E-state index contributed by atoms with van der Waals surface area (Å²) >= 11 is 6.16. The van der Waals surface area contributed by atoms with E-state index in [4.69, 9.17) is 11.6 Å². The summed E-state index contributed by atoms with van der Waals surface area (Å²) < 4.78 is 0. The van der Waals surface area contributed by atoms with E-state index in [1.54, 1.807) is 6.07 Å². The number of piperazine rings is 1. The van der Waals surface area contributed by atoms with Crippen molar-refractivity contribution >= 4 is 35.8 Å². The lowest BCUT2D eigenvalue weighted by atomic mass is 10.00. The smallest absolute Gasteiger partial charge is 0.248 e. The van der Waals surface area contributed by atoms with Crippen molar-refractivity contribution in [2.45, 2.75) is 24.9 Å². The molecule has 2 fully saturated rings. The SMILES string of the molecule is Cl.O=C1NC(=O)[C@@H]2CCCN2[C@H]1c1ccccc1Cl. The van der Waals surface area contributed by atoms with E-state index >= 15 is 0 Å². The zero-order valence-electron chi connectivity index (χ0n) is 10.1. The lowest BCUT2D eigenvalue weighted by Crippen LogP contribution is -2.56. The van der Waals surface area contributed by atoms with E-state index in [0.29, 0.717) is 5.02 Å². The Morgan fingerprint density at radius 2 is 1.95 bits per heavy atom. The number of amides is 2. The third-order valence-electron chi connectivity index (χ3n) is 3.62. The molecule has 0 radical (unpaired) electrons. The maximum absolute atomic E-state index is 12.1. The van der Waals surface area contributed by atoms with Crippen molar-refractivity contribution in [1.82, 2.24) is 10.2 Å². The molecule has 0 aromatic heterocycles. The van der Waals surface area contributed by atoms with Crippen molar-refractivity contribution in [3.05, 3.63) is 34.9 Å². The monoisotopic (exact) mass is 300 g/mol. The molecule has 0 aliphatic carbocycles. The molecule has 2 aliphatic rings. The molecule has 102 valence electrons. The summed E-state index contributed by atoms with van der Waals surface area (Å²) in [6.07, 6.45) is 1.74. The number of halogens is 2. The Kier molecular flexibility index (Phi) is 4.13. The number of imide groups is 1. The minimum Gasteiger partial charge on any atom is -0.293 e. The number of carbonyl (C=O) groups excluding carboxylic acids is 2. The molecule has 19 heavy (non-hydrogen) atoms. The predicted octanol–water partition coefficient (Wildman–Crippen LogP) is 1.92. The minimum absolute atomic E-state index is 0. The van der Waals surface area contributed by atoms with Crippen LogP contribution in [0, 0.1) is 0 Å². The number of nitrogens with zero attached hydrogens (tertiary/aromatic N) is 1. The first-order chi connectivity index (χ1) is 8.68. The molecule has 2 saturated heterocycles. The van der Waals surface area contributed by atoms with Gasteiger partial charge < -0.3 is 0 Å². The van der Waals surface area contributed by atoms with Crippen LogP contribution in [0.4, 0.5) is 0 Å². The molecule has 4 nitrogen and oxygen atoms in total. The average molecular weight is 301 g/mol. The van der Waals surface area contributed by atoms with E-state index in [1.807, 2.05) is 23.1 Å². The summed E-state index contributed by atoms with van der Waals surface area (Å²) in [5, 5.41) is 3.02. The second-order valence-electron chi connectivity index (χ2n) is 4.67. The van der Waals surface area contributed by atoms with Crippen LogP contribution >= 0.6 is 24.0 Å². The van der Waals surface area contributed by atoms with Gasteiger partial charge in [0.15, 0.2) is 0 Å². The maximum Gasteiger partial charge on any atom is 0.248 e. The maximum atomic E-state index is 12.1. The number of hydrogen-bond donors (Lipinski definition) is 1. The second kappa shape index (κ2) is 5.49. The third kappa shape index (κ3) is 2.36. The lowest BCUT2D eigenvalue weighted by molar-refractivity contribution is -0.143. The number of rotatable bonds is 1. The van der Waals surface area contributed by atoms with Gasteiger partial charge in [-0.15, -0.1) is 12.4 Å². The van der Waals surface area contributed by atoms with E-state index in [1.165, 1.54) is 0 Å². The Labute approximate surface area is 122 Å². The highest BCUT2D eigenvalue weighted by Gasteiger charge is 2.44. The highest BCUT2D eigenvalue weighted by Crippen LogP contribution is 2.35. The van der Waals surface area contributed by atoms with Crippen molar-refractivity contribution in [3.8, 4) is 0 Å². The molecule has 0 saturated carbocycles. The van der Waals surface area contributed by atoms with Crippen LogP contribution < -0.4 is 5.32 Å². The van der Waals surface area contributed by atoms with Crippen LogP contribution in [0.2, 0.25) is 5.02 Å². The van der Waals surface area contributed by atoms with E-state index in [9.17, 15) is 9.59 Å². The molecule has 1 N–H and O–H groups in total. The largest absolute Gasteiger partial charge is 0.293 e. The van der Waals surface area contributed by atoms with Crippen LogP contribution in [0.5, 0.6) is 0 Å². The van der Waals surface area contributed by atoms with Crippen LogP contribution in [0.25, 0.3) is 0 Å². The van der Waals surface area contributed by atoms with Crippen LogP contribution in [-0.4, -0.2) is 29.3 Å². The van der Waals surface area contributed by atoms with Crippen molar-refractivity contribution in [2.75, 3.05) is 6.54 Å². The number of fused-ring (bicyclic) bond motifs is 1. The predicted molar refractivity (Wildman–Crippen MR) is 74.3 cm³/mol. The van der Waals surface area contributed by atoms with Gasteiger partial charge in [-0.2, -0.15) is 0 Å². The Balaban J connectivity index is 0.00000133. The van der Waals surface area contributed by atoms with Crippen LogP contribution in [0.15, 0.2) is 24.3 Å². The van der Waals surface area contributed by atoms with Gasteiger partial charge in [0.2, 0.25) is 11.8 Å². The minimum atomic E-state index is -0.441. The van der Waals surface area contributed by atoms with E-state index in [-0.39, 0.29) is 30.3 Å². The van der Waals surface area contributed by atoms with Gasteiger partial charge in [-0.1, -0.05) is 29.8 Å². The molecule has 0 bridgehead atoms. The molecule has 2 atom stereocenters. The highest BCUT2D eigenvalue weighted by atomic mass is 35.5. The number of hydrogen-bond acceptors (Lipinski definition) is 3. The summed E-state index contributed by atoms with van der Waals surface area (Å²) in [5.74, 6) is -0.452. The first-order valence-corrected chi connectivity index (χ1v) is 6.41. The third-order valence-corrected chi connectivity index (χ3v) is 3.97. The molecular weight excluding hydrogens is 287 g/mol. The Bertz CT molecular complexity index is 521. The zero-order chi connectivity index (χ0) is 12.7. The second-order valence-corrected chi connectivity index (χ2v) is 5.08. The molecule has 2 aliphatic heterocycles. The van der Waals surface area contributed by atoms with Crippen molar-refractivity contribution < 1.29 is 9.59 Å². The fourth-order valence-corrected chi connectivity index (χ4v) is 3.06. The molecule has 0 unspecified atom stereocenters. The topological polar surface area (TPSA) is 49.4 Å². The lowest BCUT2D eigenvalue weighted by Gasteiger charge is -2.36. The average Bonchev–Trinajstić information content (AvgIpc) is 2.81. The molecule has 2 amide bonds. The summed E-state index contributed by atoms with van der Waals surface area (Å²) in [4.78, 5) is 25.8. The van der Waals surface area contributed by atoms with Crippen LogP contribution in [-0.2, 0) is 9.59 Å². The van der Waals surface area contributed by atoms with Gasteiger partial charge in [-0.25, -0.2) is 0 Å². The Morgan fingerprint density at radius 1 is 1.21 bits per heavy atom. The molecule has 2 heterocycles. The van der Waals surface area contributed by atoms with Gasteiger partial charge in [-0.3, -0.25) is 19.8 Å². The standard InChI is InChI=1S/C13H13ClN2O2.ClH/c14-9-5-2-1-4-8(9)11-13(18)15-12(17)10-6-3-7-16(10)11;/h1-2,4-5,10-11H,3,6-7H2,(H,15,17,18);1H/t10-,11-;/m0./s1. The van der Waals surface area contributed by atoms with Gasteiger partial charge in [0.1, 0.15) is 6.04 Å². The van der Waals surface area contributed by atoms with Crippen molar-refractivity contribution in [1.29, 1.82) is 0 Å². The van der Waals surface area contributed by atoms with Crippen LogP contribution in [0.1, 0.15) is 24.4 Å². The molecule has 1 aromatic carbocycles. The molecule has 0 spiro atoms. The molecular formula is C13H14Cl2N2O2. The summed E-state index contributed by atoms with van der Waals surface area (Å²) in [7, 11) is 0. The highest BCUT2D eigenvalue weighted by molar-refractivity contribution is 6.31. The van der Waals surface area contributed by atoms with Crippen molar-refractivity contribution in [3.63, 3.8) is 0 Å². The summed E-state index contributed by atoms with van der Waals surface area (Å²) in [6, 6.07) is 6.67. The van der Waals surface area contributed by atoms with E-state index in [2.05, 4.69) is 5.32 Å². The number of benzene rings is 1. The van der Waals surface area contributed by atoms with Crippen LogP contribution in [0.3, 0.4) is 0 Å². The van der Waals surface area contributed by atoms with Gasteiger partial charge in [-0.05, 0) is 24.5 Å². The summed E-state index contributed by atoms with van der Waals surface area (Å²) in [5.41, 5.74) is 0.774. The first-order valence-electron chi connectivity index (χ1n) is 6.03. The normalized spacial score (nSPS) is 26.6. The fraction of sp³-hybridized carbons (Fsp3) is 0.385. The van der Waals surface area contributed by atoms with Gasteiger partial charge in [0.05, 0.1) is 6.04 Å². The number of nitrogens with one attached hydrogen (secondary N) is 1. The van der Waals surface area contributed by atoms with Gasteiger partial charge in [0.25, 0.3) is 0 Å². The van der Waals surface area contributed by atoms with Crippen molar-refractivity contribution in [2.24, 2.45) is 0 Å².